The van der Waals surface area contributed by atoms with Gasteiger partial charge in [0, 0.05) is 16.8 Å². The summed E-state index contributed by atoms with van der Waals surface area (Å²) >= 11 is 8.75. The summed E-state index contributed by atoms with van der Waals surface area (Å²) in [6.07, 6.45) is 0.996. The lowest BCUT2D eigenvalue weighted by Gasteiger charge is -2.06. The highest BCUT2D eigenvalue weighted by Crippen LogP contribution is 2.20. The van der Waals surface area contributed by atoms with Crippen molar-refractivity contribution in [1.29, 1.82) is 5.26 Å². The number of hydrogen-bond acceptors (Lipinski definition) is 2. The highest BCUT2D eigenvalue weighted by Gasteiger charge is 2.06. The number of carbonyl (C=O) groups excluding carboxylic acids is 1. The molecule has 0 saturated heterocycles. The van der Waals surface area contributed by atoms with E-state index < -0.39 is 0 Å². The fourth-order valence-corrected chi connectivity index (χ4v) is 1.65. The van der Waals surface area contributed by atoms with E-state index in [0.717, 1.165) is 4.47 Å². The highest BCUT2D eigenvalue weighted by atomic mass is 79.9. The molecule has 0 saturated carbocycles. The third-order valence-corrected chi connectivity index (χ3v) is 2.67. The Kier molecular flexibility index (Phi) is 5.30. The molecule has 0 bridgehead atoms. The molecule has 0 fully saturated rings. The van der Waals surface area contributed by atoms with E-state index in [9.17, 15) is 4.79 Å². The summed E-state index contributed by atoms with van der Waals surface area (Å²) in [4.78, 5) is 11.4. The highest BCUT2D eigenvalue weighted by molar-refractivity contribution is 9.10. The van der Waals surface area contributed by atoms with E-state index >= 15 is 0 Å². The van der Waals surface area contributed by atoms with Crippen LogP contribution in [-0.2, 0) is 4.79 Å². The Morgan fingerprint density at radius 1 is 1.56 bits per heavy atom. The van der Waals surface area contributed by atoms with E-state index in [1.807, 2.05) is 6.07 Å². The number of carbonyl (C=O) groups is 1. The molecule has 84 valence electrons. The van der Waals surface area contributed by atoms with Crippen molar-refractivity contribution in [2.75, 3.05) is 11.2 Å². The lowest BCUT2D eigenvalue weighted by atomic mass is 10.2. The molecule has 0 atom stereocenters. The number of halogens is 2. The minimum atomic E-state index is -0.125. The first kappa shape index (κ1) is 13.0. The molecule has 0 aliphatic heterocycles. The quantitative estimate of drug-likeness (QED) is 0.868. The van der Waals surface area contributed by atoms with Crippen LogP contribution in [0.5, 0.6) is 0 Å². The number of rotatable bonds is 4. The summed E-state index contributed by atoms with van der Waals surface area (Å²) in [7, 11) is 0. The van der Waals surface area contributed by atoms with Gasteiger partial charge in [-0.1, -0.05) is 15.9 Å². The molecule has 0 unspecified atom stereocenters. The third-order valence-electron chi connectivity index (χ3n) is 1.91. The zero-order valence-corrected chi connectivity index (χ0v) is 10.8. The maximum Gasteiger partial charge on any atom is 0.224 e. The largest absolute Gasteiger partial charge is 0.325 e. The van der Waals surface area contributed by atoms with Crippen LogP contribution in [-0.4, -0.2) is 11.8 Å². The number of benzene rings is 1. The minimum Gasteiger partial charge on any atom is -0.325 e. The number of nitrogens with one attached hydrogen (secondary N) is 1. The Hall–Kier alpha value is -1.05. The first-order chi connectivity index (χ1) is 7.67. The van der Waals surface area contributed by atoms with Gasteiger partial charge in [-0.25, -0.2) is 0 Å². The Balaban J connectivity index is 2.74. The maximum atomic E-state index is 11.4. The Morgan fingerprint density at radius 3 is 2.94 bits per heavy atom. The molecule has 0 aliphatic rings. The second-order valence-corrected chi connectivity index (χ2v) is 4.44. The zero-order valence-electron chi connectivity index (χ0n) is 8.46. The van der Waals surface area contributed by atoms with Crippen LogP contribution in [0.4, 0.5) is 5.69 Å². The van der Waals surface area contributed by atoms with E-state index in [1.165, 1.54) is 0 Å². The van der Waals surface area contributed by atoms with Gasteiger partial charge in [0.1, 0.15) is 6.07 Å². The molecule has 3 nitrogen and oxygen atoms in total. The van der Waals surface area contributed by atoms with E-state index in [0.29, 0.717) is 30.0 Å². The minimum absolute atomic E-state index is 0.125. The number of nitriles is 1. The van der Waals surface area contributed by atoms with Crippen molar-refractivity contribution >= 4 is 39.1 Å². The van der Waals surface area contributed by atoms with E-state index in [4.69, 9.17) is 16.9 Å². The van der Waals surface area contributed by atoms with Crippen molar-refractivity contribution in [3.63, 3.8) is 0 Å². The first-order valence-electron chi connectivity index (χ1n) is 4.73. The van der Waals surface area contributed by atoms with Crippen molar-refractivity contribution in [1.82, 2.24) is 0 Å². The number of hydrogen-bond donors (Lipinski definition) is 1. The van der Waals surface area contributed by atoms with Crippen LogP contribution in [0.15, 0.2) is 22.7 Å². The molecule has 0 radical (unpaired) electrons. The van der Waals surface area contributed by atoms with Crippen molar-refractivity contribution in [3.8, 4) is 6.07 Å². The lowest BCUT2D eigenvalue weighted by molar-refractivity contribution is -0.116. The molecule has 5 heteroatoms. The van der Waals surface area contributed by atoms with E-state index in [1.54, 1.807) is 18.2 Å². The standard InChI is InChI=1S/C11H10BrClN2O/c12-9-3-4-10(8(6-9)7-14)15-11(16)2-1-5-13/h3-4,6H,1-2,5H2,(H,15,16). The van der Waals surface area contributed by atoms with Crippen molar-refractivity contribution in [3.05, 3.63) is 28.2 Å². The molecule has 1 aromatic rings. The van der Waals surface area contributed by atoms with Crippen LogP contribution in [0.25, 0.3) is 0 Å². The molecule has 0 aliphatic carbocycles. The second kappa shape index (κ2) is 6.51. The normalized spacial score (nSPS) is 9.56. The van der Waals surface area contributed by atoms with Gasteiger partial charge < -0.3 is 5.32 Å². The molecule has 0 spiro atoms. The summed E-state index contributed by atoms with van der Waals surface area (Å²) in [5.74, 6) is 0.332. The van der Waals surface area contributed by atoms with Gasteiger partial charge in [-0.3, -0.25) is 4.79 Å². The second-order valence-electron chi connectivity index (χ2n) is 3.14. The molecule has 1 rings (SSSR count). The number of nitrogens with zero attached hydrogens (tertiary/aromatic N) is 1. The number of amides is 1. The van der Waals surface area contributed by atoms with Gasteiger partial charge >= 0.3 is 0 Å². The van der Waals surface area contributed by atoms with Gasteiger partial charge in [0.25, 0.3) is 0 Å². The monoisotopic (exact) mass is 300 g/mol. The molecule has 0 aromatic heterocycles. The average Bonchev–Trinajstić information content (AvgIpc) is 2.28. The molecule has 1 aromatic carbocycles. The van der Waals surface area contributed by atoms with Crippen LogP contribution < -0.4 is 5.32 Å². The number of alkyl halides is 1. The smallest absolute Gasteiger partial charge is 0.224 e. The predicted molar refractivity (Wildman–Crippen MR) is 67.4 cm³/mol. The molecular formula is C11H10BrClN2O. The van der Waals surface area contributed by atoms with Crippen LogP contribution >= 0.6 is 27.5 Å². The summed E-state index contributed by atoms with van der Waals surface area (Å²) in [5, 5.41) is 11.6. The number of anilines is 1. The molecular weight excluding hydrogens is 291 g/mol. The average molecular weight is 302 g/mol. The van der Waals surface area contributed by atoms with Crippen molar-refractivity contribution in [2.45, 2.75) is 12.8 Å². The van der Waals surface area contributed by atoms with Crippen molar-refractivity contribution in [2.24, 2.45) is 0 Å². The summed E-state index contributed by atoms with van der Waals surface area (Å²) in [6, 6.07) is 7.16. The van der Waals surface area contributed by atoms with Crippen LogP contribution in [0.3, 0.4) is 0 Å². The fraction of sp³-hybridized carbons (Fsp3) is 0.273. The third kappa shape index (κ3) is 3.84. The maximum absolute atomic E-state index is 11.4. The Bertz CT molecular complexity index is 428. The molecule has 1 amide bonds. The molecule has 0 heterocycles. The van der Waals surface area contributed by atoms with Gasteiger partial charge in [-0.2, -0.15) is 5.26 Å². The van der Waals surface area contributed by atoms with Gasteiger partial charge in [-0.15, -0.1) is 11.6 Å². The van der Waals surface area contributed by atoms with E-state index in [2.05, 4.69) is 21.2 Å². The summed E-state index contributed by atoms with van der Waals surface area (Å²) in [6.45, 7) is 0. The fourth-order valence-electron chi connectivity index (χ4n) is 1.16. The van der Waals surface area contributed by atoms with E-state index in [-0.39, 0.29) is 5.91 Å². The lowest BCUT2D eigenvalue weighted by Crippen LogP contribution is -2.12. The zero-order chi connectivity index (χ0) is 12.0. The predicted octanol–water partition coefficient (Wildman–Crippen LogP) is 3.28. The van der Waals surface area contributed by atoms with Crippen LogP contribution in [0.1, 0.15) is 18.4 Å². The molecule has 1 N–H and O–H groups in total. The van der Waals surface area contributed by atoms with Crippen LogP contribution in [0, 0.1) is 11.3 Å². The van der Waals surface area contributed by atoms with Gasteiger partial charge in [0.2, 0.25) is 5.91 Å². The van der Waals surface area contributed by atoms with Gasteiger partial charge in [0.05, 0.1) is 11.3 Å². The Morgan fingerprint density at radius 2 is 2.31 bits per heavy atom. The first-order valence-corrected chi connectivity index (χ1v) is 6.05. The van der Waals surface area contributed by atoms with Crippen molar-refractivity contribution < 1.29 is 4.79 Å². The van der Waals surface area contributed by atoms with Crippen LogP contribution in [0.2, 0.25) is 0 Å². The molecule has 16 heavy (non-hydrogen) atoms. The van der Waals surface area contributed by atoms with Gasteiger partial charge in [0.15, 0.2) is 0 Å². The Labute approximate surface area is 108 Å². The summed E-state index contributed by atoms with van der Waals surface area (Å²) in [5.41, 5.74) is 0.971. The topological polar surface area (TPSA) is 52.9 Å². The SMILES string of the molecule is N#Cc1cc(Br)ccc1NC(=O)CCCCl. The summed E-state index contributed by atoms with van der Waals surface area (Å²) < 4.78 is 0.808. The van der Waals surface area contributed by atoms with Gasteiger partial charge in [-0.05, 0) is 24.6 Å².